The van der Waals surface area contributed by atoms with Gasteiger partial charge in [-0.3, -0.25) is 9.69 Å². The van der Waals surface area contributed by atoms with Crippen LogP contribution >= 0.6 is 0 Å². The number of amides is 1. The molecular weight excluding hydrogens is 242 g/mol. The van der Waals surface area contributed by atoms with Crippen LogP contribution < -0.4 is 10.6 Å². The molecule has 0 saturated carbocycles. The Labute approximate surface area is 117 Å². The van der Waals surface area contributed by atoms with Crippen molar-refractivity contribution in [2.24, 2.45) is 0 Å². The monoisotopic (exact) mass is 271 g/mol. The van der Waals surface area contributed by atoms with Gasteiger partial charge in [-0.1, -0.05) is 6.92 Å². The van der Waals surface area contributed by atoms with Crippen molar-refractivity contribution in [2.75, 3.05) is 39.4 Å². The molecule has 19 heavy (non-hydrogen) atoms. The van der Waals surface area contributed by atoms with Gasteiger partial charge in [0.2, 0.25) is 5.91 Å². The minimum Gasteiger partial charge on any atom is -0.379 e. The van der Waals surface area contributed by atoms with E-state index in [9.17, 15) is 4.79 Å². The minimum absolute atomic E-state index is 0.0776. The van der Waals surface area contributed by atoms with E-state index in [1.54, 1.807) is 0 Å². The van der Waals surface area contributed by atoms with E-state index in [0.717, 1.165) is 45.8 Å². The average molecular weight is 271 g/mol. The summed E-state index contributed by atoms with van der Waals surface area (Å²) in [5.41, 5.74) is -0.128. The lowest BCUT2D eigenvalue weighted by Crippen LogP contribution is -2.52. The molecule has 1 aliphatic heterocycles. The van der Waals surface area contributed by atoms with Crippen LogP contribution in [-0.2, 0) is 9.53 Å². The lowest BCUT2D eigenvalue weighted by atomic mass is 10.0. The number of ether oxygens (including phenoxy) is 1. The molecular formula is C14H29N3O2. The average Bonchev–Trinajstić information content (AvgIpc) is 2.39. The molecule has 1 saturated heterocycles. The maximum absolute atomic E-state index is 12.0. The van der Waals surface area contributed by atoms with E-state index in [-0.39, 0.29) is 17.5 Å². The van der Waals surface area contributed by atoms with Crippen LogP contribution in [0.25, 0.3) is 0 Å². The highest BCUT2D eigenvalue weighted by Crippen LogP contribution is 2.06. The summed E-state index contributed by atoms with van der Waals surface area (Å²) in [5, 5.41) is 6.34. The number of morpholine rings is 1. The molecule has 5 nitrogen and oxygen atoms in total. The summed E-state index contributed by atoms with van der Waals surface area (Å²) in [7, 11) is 0. The van der Waals surface area contributed by atoms with Gasteiger partial charge in [0.25, 0.3) is 0 Å². The molecule has 1 aliphatic rings. The molecule has 0 aromatic heterocycles. The van der Waals surface area contributed by atoms with E-state index in [4.69, 9.17) is 4.74 Å². The Morgan fingerprint density at radius 2 is 2.00 bits per heavy atom. The fourth-order valence-corrected chi connectivity index (χ4v) is 1.89. The normalized spacial score (nSPS) is 19.2. The number of carbonyl (C=O) groups excluding carboxylic acids is 1. The van der Waals surface area contributed by atoms with Crippen molar-refractivity contribution in [3.63, 3.8) is 0 Å². The first-order valence-electron chi connectivity index (χ1n) is 7.30. The predicted octanol–water partition coefficient (Wildman–Crippen LogP) is 0.602. The van der Waals surface area contributed by atoms with Crippen LogP contribution in [0.2, 0.25) is 0 Å². The van der Waals surface area contributed by atoms with Crippen LogP contribution in [0.15, 0.2) is 0 Å². The topological polar surface area (TPSA) is 53.6 Å². The van der Waals surface area contributed by atoms with Crippen molar-refractivity contribution >= 4 is 5.91 Å². The summed E-state index contributed by atoms with van der Waals surface area (Å²) < 4.78 is 5.31. The van der Waals surface area contributed by atoms with E-state index in [0.29, 0.717) is 0 Å². The number of hydrogen-bond donors (Lipinski definition) is 2. The second-order valence-electron chi connectivity index (χ2n) is 5.86. The quantitative estimate of drug-likeness (QED) is 0.712. The highest BCUT2D eigenvalue weighted by molar-refractivity contribution is 5.81. The molecule has 5 heteroatoms. The molecule has 0 spiro atoms. The molecule has 1 fully saturated rings. The molecule has 1 unspecified atom stereocenters. The van der Waals surface area contributed by atoms with Crippen molar-refractivity contribution < 1.29 is 9.53 Å². The van der Waals surface area contributed by atoms with Gasteiger partial charge >= 0.3 is 0 Å². The van der Waals surface area contributed by atoms with Crippen molar-refractivity contribution in [3.8, 4) is 0 Å². The van der Waals surface area contributed by atoms with Crippen LogP contribution in [0.3, 0.4) is 0 Å². The molecule has 0 bridgehead atoms. The van der Waals surface area contributed by atoms with Gasteiger partial charge in [-0.05, 0) is 27.2 Å². The fourth-order valence-electron chi connectivity index (χ4n) is 1.89. The highest BCUT2D eigenvalue weighted by Gasteiger charge is 2.21. The van der Waals surface area contributed by atoms with Gasteiger partial charge in [0.15, 0.2) is 0 Å². The van der Waals surface area contributed by atoms with Gasteiger partial charge in [-0.2, -0.15) is 0 Å². The fraction of sp³-hybridized carbons (Fsp3) is 0.929. The third-order valence-corrected chi connectivity index (χ3v) is 3.72. The molecule has 112 valence electrons. The molecule has 1 rings (SSSR count). The first-order valence-corrected chi connectivity index (χ1v) is 7.30. The Bertz CT molecular complexity index is 276. The summed E-state index contributed by atoms with van der Waals surface area (Å²) in [4.78, 5) is 14.4. The van der Waals surface area contributed by atoms with E-state index in [1.165, 1.54) is 0 Å². The standard InChI is InChI=1S/C14H29N3O2/c1-5-14(3,4)16-13(18)12(2)15-6-7-17-8-10-19-11-9-17/h12,15H,5-11H2,1-4H3,(H,16,18). The van der Waals surface area contributed by atoms with Crippen molar-refractivity contribution in [2.45, 2.75) is 45.7 Å². The molecule has 0 aliphatic carbocycles. The maximum Gasteiger partial charge on any atom is 0.237 e. The lowest BCUT2D eigenvalue weighted by molar-refractivity contribution is -0.124. The number of carbonyl (C=O) groups is 1. The van der Waals surface area contributed by atoms with Crippen LogP contribution in [0.4, 0.5) is 0 Å². The minimum atomic E-state index is -0.146. The van der Waals surface area contributed by atoms with E-state index >= 15 is 0 Å². The van der Waals surface area contributed by atoms with Crippen LogP contribution in [0.5, 0.6) is 0 Å². The Morgan fingerprint density at radius 1 is 1.37 bits per heavy atom. The van der Waals surface area contributed by atoms with Crippen molar-refractivity contribution in [1.29, 1.82) is 0 Å². The second-order valence-corrected chi connectivity index (χ2v) is 5.86. The number of hydrogen-bond acceptors (Lipinski definition) is 4. The van der Waals surface area contributed by atoms with E-state index < -0.39 is 0 Å². The Kier molecular flexibility index (Phi) is 6.75. The van der Waals surface area contributed by atoms with Gasteiger partial charge in [0.05, 0.1) is 19.3 Å². The van der Waals surface area contributed by atoms with Gasteiger partial charge in [-0.25, -0.2) is 0 Å². The maximum atomic E-state index is 12.0. The zero-order valence-corrected chi connectivity index (χ0v) is 12.8. The summed E-state index contributed by atoms with van der Waals surface area (Å²) in [6.45, 7) is 13.5. The lowest BCUT2D eigenvalue weighted by Gasteiger charge is -2.28. The Morgan fingerprint density at radius 3 is 2.58 bits per heavy atom. The molecule has 0 radical (unpaired) electrons. The largest absolute Gasteiger partial charge is 0.379 e. The molecule has 1 heterocycles. The molecule has 1 atom stereocenters. The molecule has 1 amide bonds. The first kappa shape index (κ1) is 16.4. The van der Waals surface area contributed by atoms with Crippen LogP contribution in [0.1, 0.15) is 34.1 Å². The molecule has 0 aromatic carbocycles. The summed E-state index contributed by atoms with van der Waals surface area (Å²) >= 11 is 0. The predicted molar refractivity (Wildman–Crippen MR) is 77.2 cm³/mol. The van der Waals surface area contributed by atoms with Crippen molar-refractivity contribution in [1.82, 2.24) is 15.5 Å². The van der Waals surface area contributed by atoms with Crippen LogP contribution in [0, 0.1) is 0 Å². The number of nitrogens with one attached hydrogen (secondary N) is 2. The molecule has 0 aromatic rings. The molecule has 2 N–H and O–H groups in total. The third kappa shape index (κ3) is 6.36. The van der Waals surface area contributed by atoms with E-state index in [1.807, 2.05) is 20.8 Å². The Balaban J connectivity index is 2.19. The zero-order valence-electron chi connectivity index (χ0n) is 12.8. The summed E-state index contributed by atoms with van der Waals surface area (Å²) in [5.74, 6) is 0.0776. The summed E-state index contributed by atoms with van der Waals surface area (Å²) in [6.07, 6.45) is 0.930. The number of nitrogens with zero attached hydrogens (tertiary/aromatic N) is 1. The number of rotatable bonds is 7. The van der Waals surface area contributed by atoms with E-state index in [2.05, 4.69) is 22.5 Å². The highest BCUT2D eigenvalue weighted by atomic mass is 16.5. The van der Waals surface area contributed by atoms with Gasteiger partial charge in [-0.15, -0.1) is 0 Å². The summed E-state index contributed by atoms with van der Waals surface area (Å²) in [6, 6.07) is -0.146. The van der Waals surface area contributed by atoms with Gasteiger partial charge in [0.1, 0.15) is 0 Å². The second kappa shape index (κ2) is 7.82. The van der Waals surface area contributed by atoms with Gasteiger partial charge in [0, 0.05) is 31.7 Å². The zero-order chi connectivity index (χ0) is 14.3. The van der Waals surface area contributed by atoms with Crippen molar-refractivity contribution in [3.05, 3.63) is 0 Å². The van der Waals surface area contributed by atoms with Gasteiger partial charge < -0.3 is 15.4 Å². The third-order valence-electron chi connectivity index (χ3n) is 3.72. The SMILES string of the molecule is CCC(C)(C)NC(=O)C(C)NCCN1CCOCC1. The van der Waals surface area contributed by atoms with Crippen LogP contribution in [-0.4, -0.2) is 61.8 Å². The first-order chi connectivity index (χ1) is 8.94. The smallest absolute Gasteiger partial charge is 0.237 e. The Hall–Kier alpha value is -0.650.